The fourth-order valence-electron chi connectivity index (χ4n) is 5.93. The normalized spacial score (nSPS) is 11.1. The Morgan fingerprint density at radius 2 is 1.06 bits per heavy atom. The Morgan fingerprint density at radius 1 is 0.657 bits per heavy atom. The summed E-state index contributed by atoms with van der Waals surface area (Å²) >= 11 is 0. The number of aryl methyl sites for hydroxylation is 4. The number of alkyl halides is 6. The number of esters is 1. The zero-order valence-electron chi connectivity index (χ0n) is 35.9. The predicted molar refractivity (Wildman–Crippen MR) is 215 cm³/mol. The smallest absolute Gasteiger partial charge is 0.546 e. The van der Waals surface area contributed by atoms with E-state index in [4.69, 9.17) is 4.74 Å². The first kappa shape index (κ1) is 52.3. The minimum Gasteiger partial charge on any atom is -0.546 e. The second kappa shape index (κ2) is 21.8. The number of anilines is 2. The zero-order chi connectivity index (χ0) is 48.7. The molecule has 0 saturated carbocycles. The number of hydrogen-bond acceptors (Lipinski definition) is 14. The first-order chi connectivity index (χ1) is 30.9. The van der Waals surface area contributed by atoms with Crippen molar-refractivity contribution >= 4 is 69.3 Å². The van der Waals surface area contributed by atoms with Crippen LogP contribution in [0.2, 0.25) is 0 Å². The molecule has 0 aliphatic carbocycles. The summed E-state index contributed by atoms with van der Waals surface area (Å²) in [4.78, 5) is 79.1. The number of aliphatic carboxylic acids is 1. The number of benzene rings is 2. The number of amides is 6. The molecule has 0 saturated heterocycles. The Kier molecular flexibility index (Phi) is 17.0. The number of rotatable bonds is 11. The molecule has 0 fully saturated rings. The van der Waals surface area contributed by atoms with E-state index in [1.165, 1.54) is 33.9 Å². The van der Waals surface area contributed by atoms with Crippen LogP contribution in [-0.4, -0.2) is 85.2 Å². The van der Waals surface area contributed by atoms with Crippen molar-refractivity contribution < 1.29 is 104 Å². The molecule has 6 aromatic rings. The van der Waals surface area contributed by atoms with E-state index in [-0.39, 0.29) is 58.7 Å². The van der Waals surface area contributed by atoms with Gasteiger partial charge in [-0.2, -0.15) is 36.5 Å². The van der Waals surface area contributed by atoms with Gasteiger partial charge in [-0.1, -0.05) is 0 Å². The van der Waals surface area contributed by atoms with Crippen molar-refractivity contribution in [1.29, 1.82) is 0 Å². The topological polar surface area (TPSA) is 263 Å². The molecule has 348 valence electrons. The molecule has 0 aliphatic rings. The molecule has 4 N–H and O–H groups in total. The number of aromatic nitrogens is 6. The molecule has 0 atom stereocenters. The van der Waals surface area contributed by atoms with Crippen LogP contribution >= 0.6 is 0 Å². The van der Waals surface area contributed by atoms with Gasteiger partial charge in [0, 0.05) is 48.6 Å². The van der Waals surface area contributed by atoms with E-state index in [2.05, 4.69) is 40.3 Å². The minimum absolute atomic E-state index is 0. The number of fused-ring (bicyclic) bond motifs is 2. The van der Waals surface area contributed by atoms with Crippen molar-refractivity contribution in [2.75, 3.05) is 30.5 Å². The molecule has 6 amide bonds. The monoisotopic (exact) mass is 952 g/mol. The van der Waals surface area contributed by atoms with Crippen molar-refractivity contribution in [3.8, 4) is 11.5 Å². The summed E-state index contributed by atoms with van der Waals surface area (Å²) in [6.45, 7) is 3.25. The number of ether oxygens (including phenoxy) is 3. The minimum atomic E-state index is -4.89. The first-order valence-electron chi connectivity index (χ1n) is 18.8. The van der Waals surface area contributed by atoms with Gasteiger partial charge in [-0.05, 0) is 69.3 Å². The molecule has 0 unspecified atom stereocenters. The third kappa shape index (κ3) is 13.6. The molecule has 0 aliphatic heterocycles. The van der Waals surface area contributed by atoms with E-state index in [1.807, 2.05) is 10.6 Å². The van der Waals surface area contributed by atoms with E-state index in [9.17, 15) is 60.2 Å². The predicted octanol–water partition coefficient (Wildman–Crippen LogP) is 1.59. The Balaban J connectivity index is 0.000000289. The molecule has 0 radical (unpaired) electrons. The van der Waals surface area contributed by atoms with Crippen molar-refractivity contribution in [2.24, 2.45) is 14.1 Å². The van der Waals surface area contributed by atoms with Gasteiger partial charge < -0.3 is 34.7 Å². The van der Waals surface area contributed by atoms with E-state index in [0.29, 0.717) is 45.6 Å². The molecular weight excluding hydrogens is 917 g/mol. The SMILES string of the molecule is CCOC(=O)COc1ccc(NC(=O)NC(=O)c2cnc3c(c2)c(C)nn3C)cc1C(F)(F)F.Cc1nn(C)c2ncc(C(=O)NC(=O)Nc3ccc(OCC(=O)[O-])c(C(F)(F)F)c3)cc12.[Na+]. The third-order valence-electron chi connectivity index (χ3n) is 8.79. The number of urea groups is 2. The van der Waals surface area contributed by atoms with Crippen LogP contribution in [0.15, 0.2) is 60.9 Å². The molecule has 6 rings (SSSR count). The summed E-state index contributed by atoms with van der Waals surface area (Å²) < 4.78 is 97.2. The number of imide groups is 2. The molecule has 4 aromatic heterocycles. The average molecular weight is 953 g/mol. The second-order valence-corrected chi connectivity index (χ2v) is 13.6. The summed E-state index contributed by atoms with van der Waals surface area (Å²) in [6, 6.07) is 5.98. The standard InChI is InChI=1S/C21H20F3N5O5.C19H16F3N5O5.Na/c1-4-33-17(30)10-34-16-6-5-13(8-15(16)21(22,23)24)26-20(32)27-19(31)12-7-14-11(2)28-29(3)18(14)25-9-12;1-9-12-5-10(7-23-16(12)27(2)26-9)17(30)25-18(31)24-11-3-4-14(32-8-15(28)29)13(6-11)19(20,21)22;/h5-9H,4,10H2,1-3H3,(H2,26,27,31,32);3-7H,8H2,1-2H3,(H,28,29)(H2,24,25,30,31);/q;;+1/p-1. The fourth-order valence-corrected chi connectivity index (χ4v) is 5.93. The van der Waals surface area contributed by atoms with Crippen LogP contribution in [0.5, 0.6) is 11.5 Å². The van der Waals surface area contributed by atoms with Crippen LogP contribution in [0, 0.1) is 13.8 Å². The van der Waals surface area contributed by atoms with Crippen molar-refractivity contribution in [3.05, 3.63) is 94.6 Å². The fraction of sp³-hybridized carbons (Fsp3) is 0.250. The summed E-state index contributed by atoms with van der Waals surface area (Å²) in [5.74, 6) is -5.54. The Bertz CT molecular complexity index is 2870. The summed E-state index contributed by atoms with van der Waals surface area (Å²) in [5, 5.41) is 28.3. The number of carboxylic acids is 1. The van der Waals surface area contributed by atoms with Crippen LogP contribution in [0.4, 0.5) is 47.3 Å². The maximum absolute atomic E-state index is 13.4. The van der Waals surface area contributed by atoms with Crippen molar-refractivity contribution in [2.45, 2.75) is 33.1 Å². The summed E-state index contributed by atoms with van der Waals surface area (Å²) in [7, 11) is 3.37. The molecule has 0 spiro atoms. The van der Waals surface area contributed by atoms with E-state index in [0.717, 1.165) is 24.3 Å². The number of carbonyl (C=O) groups is 6. The van der Waals surface area contributed by atoms with E-state index in [1.54, 1.807) is 34.9 Å². The van der Waals surface area contributed by atoms with Gasteiger partial charge in [-0.25, -0.2) is 24.4 Å². The number of carboxylic acid groups (broad SMARTS) is 1. The van der Waals surface area contributed by atoms with Gasteiger partial charge >= 0.3 is 59.9 Å². The van der Waals surface area contributed by atoms with Gasteiger partial charge in [-0.3, -0.25) is 29.6 Å². The molecule has 67 heavy (non-hydrogen) atoms. The van der Waals surface area contributed by atoms with Gasteiger partial charge in [0.1, 0.15) is 18.1 Å². The largest absolute Gasteiger partial charge is 1.00 e. The number of nitrogens with zero attached hydrogens (tertiary/aromatic N) is 6. The second-order valence-electron chi connectivity index (χ2n) is 13.6. The van der Waals surface area contributed by atoms with Crippen molar-refractivity contribution in [1.82, 2.24) is 40.2 Å². The van der Waals surface area contributed by atoms with Crippen LogP contribution in [0.1, 0.15) is 50.2 Å². The average Bonchev–Trinajstić information content (AvgIpc) is 3.69. The molecule has 4 heterocycles. The van der Waals surface area contributed by atoms with Crippen LogP contribution in [0.25, 0.3) is 22.1 Å². The quantitative estimate of drug-likeness (QED) is 0.0817. The van der Waals surface area contributed by atoms with Gasteiger partial charge in [0.25, 0.3) is 11.8 Å². The van der Waals surface area contributed by atoms with Gasteiger partial charge in [0.2, 0.25) is 0 Å². The number of hydrogen-bond donors (Lipinski definition) is 4. The Labute approximate surface area is 395 Å². The molecule has 27 heteroatoms. The molecular formula is C40H35F6N10NaO10. The van der Waals surface area contributed by atoms with Gasteiger partial charge in [0.05, 0.1) is 46.2 Å². The number of halogens is 6. The molecule has 0 bridgehead atoms. The third-order valence-corrected chi connectivity index (χ3v) is 8.79. The van der Waals surface area contributed by atoms with Gasteiger partial charge in [0.15, 0.2) is 17.9 Å². The number of nitrogens with one attached hydrogen (secondary N) is 4. The van der Waals surface area contributed by atoms with E-state index >= 15 is 0 Å². The first-order valence-corrected chi connectivity index (χ1v) is 18.8. The van der Waals surface area contributed by atoms with E-state index < -0.39 is 84.0 Å². The summed E-state index contributed by atoms with van der Waals surface area (Å²) in [6.07, 6.45) is -7.24. The van der Waals surface area contributed by atoms with Gasteiger partial charge in [-0.15, -0.1) is 0 Å². The van der Waals surface area contributed by atoms with Crippen LogP contribution in [0.3, 0.4) is 0 Å². The maximum atomic E-state index is 13.4. The molecule has 2 aromatic carbocycles. The Hall–Kier alpha value is -7.32. The summed E-state index contributed by atoms with van der Waals surface area (Å²) in [5.41, 5.74) is -0.648. The Morgan fingerprint density at radius 3 is 1.43 bits per heavy atom. The maximum Gasteiger partial charge on any atom is 1.00 e. The molecule has 20 nitrogen and oxygen atoms in total. The zero-order valence-corrected chi connectivity index (χ0v) is 37.9. The van der Waals surface area contributed by atoms with Crippen LogP contribution in [-0.2, 0) is 40.8 Å². The van der Waals surface area contributed by atoms with Crippen LogP contribution < -0.4 is 65.4 Å². The van der Waals surface area contributed by atoms with Crippen molar-refractivity contribution in [3.63, 3.8) is 0 Å². The number of pyridine rings is 2. The number of carbonyl (C=O) groups excluding carboxylic acids is 6.